The monoisotopic (exact) mass is 436 g/mol. The number of benzene rings is 1. The molecule has 1 amide bonds. The van der Waals surface area contributed by atoms with Crippen LogP contribution in [0.2, 0.25) is 0 Å². The maximum atomic E-state index is 13.1. The van der Waals surface area contributed by atoms with E-state index < -0.39 is 32.8 Å². The van der Waals surface area contributed by atoms with Crippen LogP contribution in [0.25, 0.3) is 0 Å². The van der Waals surface area contributed by atoms with Crippen LogP contribution in [-0.2, 0) is 14.8 Å². The first kappa shape index (κ1) is 21.0. The van der Waals surface area contributed by atoms with Gasteiger partial charge >= 0.3 is 0 Å². The Morgan fingerprint density at radius 3 is 2.27 bits per heavy atom. The van der Waals surface area contributed by atoms with Crippen molar-refractivity contribution < 1.29 is 18.1 Å². The van der Waals surface area contributed by atoms with E-state index in [9.17, 15) is 23.3 Å². The number of rotatable bonds is 6. The van der Waals surface area contributed by atoms with Crippen molar-refractivity contribution in [1.82, 2.24) is 4.31 Å². The molecule has 3 aliphatic rings. The Bertz CT molecular complexity index is 923. The summed E-state index contributed by atoms with van der Waals surface area (Å²) in [5, 5.41) is 13.7. The molecule has 1 aliphatic carbocycles. The molecule has 2 aliphatic heterocycles. The van der Waals surface area contributed by atoms with E-state index in [0.717, 1.165) is 57.3 Å². The average Bonchev–Trinajstić information content (AvgIpc) is 3.56. The zero-order chi connectivity index (χ0) is 21.3. The van der Waals surface area contributed by atoms with Crippen LogP contribution >= 0.6 is 0 Å². The van der Waals surface area contributed by atoms with Crippen LogP contribution in [0.1, 0.15) is 44.9 Å². The zero-order valence-corrected chi connectivity index (χ0v) is 17.8. The van der Waals surface area contributed by atoms with Gasteiger partial charge in [-0.15, -0.1) is 0 Å². The Morgan fingerprint density at radius 1 is 1.03 bits per heavy atom. The summed E-state index contributed by atoms with van der Waals surface area (Å²) in [5.41, 5.74) is 1.20. The fourth-order valence-electron chi connectivity index (χ4n) is 4.36. The number of carbonyl (C=O) groups excluding carboxylic acids is 1. The molecule has 0 radical (unpaired) electrons. The SMILES string of the molecule is O=C(Nc1cc(S(=O)(=O)N2CCCCC2)ccc1N1CCCCC1)C1CC1[N+](=O)[O-]. The quantitative estimate of drug-likeness (QED) is 0.541. The molecule has 30 heavy (non-hydrogen) atoms. The molecule has 3 fully saturated rings. The highest BCUT2D eigenvalue weighted by Crippen LogP contribution is 2.37. The van der Waals surface area contributed by atoms with E-state index in [-0.39, 0.29) is 11.3 Å². The maximum absolute atomic E-state index is 13.1. The van der Waals surface area contributed by atoms with Gasteiger partial charge in [-0.25, -0.2) is 8.42 Å². The summed E-state index contributed by atoms with van der Waals surface area (Å²) in [6.45, 7) is 2.68. The van der Waals surface area contributed by atoms with Crippen LogP contribution < -0.4 is 10.2 Å². The van der Waals surface area contributed by atoms with E-state index in [0.29, 0.717) is 18.8 Å². The van der Waals surface area contributed by atoms with Crippen molar-refractivity contribution in [3.8, 4) is 0 Å². The Balaban J connectivity index is 1.62. The Kier molecular flexibility index (Phi) is 5.97. The fraction of sp³-hybridized carbons (Fsp3) is 0.650. The van der Waals surface area contributed by atoms with Crippen molar-refractivity contribution in [1.29, 1.82) is 0 Å². The molecule has 1 aromatic rings. The Morgan fingerprint density at radius 2 is 1.67 bits per heavy atom. The first-order valence-electron chi connectivity index (χ1n) is 10.7. The van der Waals surface area contributed by atoms with Crippen LogP contribution in [-0.4, -0.2) is 55.8 Å². The number of carbonyl (C=O) groups is 1. The largest absolute Gasteiger partial charge is 0.370 e. The molecule has 0 aromatic heterocycles. The lowest BCUT2D eigenvalue weighted by atomic mass is 10.1. The van der Waals surface area contributed by atoms with Gasteiger partial charge in [0.15, 0.2) is 0 Å². The van der Waals surface area contributed by atoms with Gasteiger partial charge in [0.25, 0.3) is 0 Å². The second-order valence-electron chi connectivity index (χ2n) is 8.38. The summed E-state index contributed by atoms with van der Waals surface area (Å²) in [6, 6.07) is 4.05. The second kappa shape index (κ2) is 8.50. The van der Waals surface area contributed by atoms with Gasteiger partial charge in [0.2, 0.25) is 22.0 Å². The van der Waals surface area contributed by atoms with Crippen LogP contribution in [0.3, 0.4) is 0 Å². The fourth-order valence-corrected chi connectivity index (χ4v) is 5.91. The minimum atomic E-state index is -3.64. The molecule has 4 rings (SSSR count). The van der Waals surface area contributed by atoms with E-state index in [1.807, 2.05) is 0 Å². The highest BCUT2D eigenvalue weighted by Gasteiger charge is 2.53. The molecule has 10 heteroatoms. The molecule has 2 unspecified atom stereocenters. The summed E-state index contributed by atoms with van der Waals surface area (Å²) in [7, 11) is -3.64. The smallest absolute Gasteiger partial charge is 0.243 e. The molecule has 1 aromatic carbocycles. The van der Waals surface area contributed by atoms with Gasteiger partial charge in [0.1, 0.15) is 5.92 Å². The summed E-state index contributed by atoms with van der Waals surface area (Å²) >= 11 is 0. The lowest BCUT2D eigenvalue weighted by Crippen LogP contribution is -2.36. The van der Waals surface area contributed by atoms with E-state index in [4.69, 9.17) is 0 Å². The van der Waals surface area contributed by atoms with E-state index in [1.165, 1.54) is 10.4 Å². The maximum Gasteiger partial charge on any atom is 0.243 e. The molecule has 164 valence electrons. The molecule has 2 atom stereocenters. The van der Waals surface area contributed by atoms with Crippen LogP contribution in [0.5, 0.6) is 0 Å². The molecule has 0 spiro atoms. The normalized spacial score (nSPS) is 25.0. The number of amides is 1. The summed E-state index contributed by atoms with van der Waals surface area (Å²) < 4.78 is 27.7. The van der Waals surface area contributed by atoms with Gasteiger partial charge in [0.05, 0.1) is 16.3 Å². The topological polar surface area (TPSA) is 113 Å². The van der Waals surface area contributed by atoms with Gasteiger partial charge in [0, 0.05) is 37.5 Å². The van der Waals surface area contributed by atoms with Crippen molar-refractivity contribution in [3.05, 3.63) is 28.3 Å². The molecule has 9 nitrogen and oxygen atoms in total. The van der Waals surface area contributed by atoms with Gasteiger partial charge in [-0.05, 0) is 50.3 Å². The predicted molar refractivity (Wildman–Crippen MR) is 113 cm³/mol. The summed E-state index contributed by atoms with van der Waals surface area (Å²) in [5.74, 6) is -1.07. The van der Waals surface area contributed by atoms with E-state index >= 15 is 0 Å². The molecule has 0 bridgehead atoms. The van der Waals surface area contributed by atoms with E-state index in [1.54, 1.807) is 12.1 Å². The molecule has 2 heterocycles. The predicted octanol–water partition coefficient (Wildman–Crippen LogP) is 2.46. The second-order valence-corrected chi connectivity index (χ2v) is 10.3. The number of hydrogen-bond donors (Lipinski definition) is 1. The molecule has 2 saturated heterocycles. The molecular formula is C20H28N4O5S. The number of anilines is 2. The number of nitrogens with zero attached hydrogens (tertiary/aromatic N) is 3. The van der Waals surface area contributed by atoms with Gasteiger partial charge < -0.3 is 10.2 Å². The number of piperidine rings is 2. The van der Waals surface area contributed by atoms with Crippen LogP contribution in [0.15, 0.2) is 23.1 Å². The number of sulfonamides is 1. The lowest BCUT2D eigenvalue weighted by molar-refractivity contribution is -0.497. The van der Waals surface area contributed by atoms with Crippen molar-refractivity contribution in [2.45, 2.75) is 55.9 Å². The lowest BCUT2D eigenvalue weighted by Gasteiger charge is -2.31. The Hall–Kier alpha value is -2.20. The highest BCUT2D eigenvalue weighted by molar-refractivity contribution is 7.89. The van der Waals surface area contributed by atoms with Crippen molar-refractivity contribution in [2.24, 2.45) is 5.92 Å². The molecular weight excluding hydrogens is 408 g/mol. The number of hydrogen-bond acceptors (Lipinski definition) is 6. The van der Waals surface area contributed by atoms with Gasteiger partial charge in [-0.1, -0.05) is 6.42 Å². The third-order valence-electron chi connectivity index (χ3n) is 6.24. The molecule has 1 N–H and O–H groups in total. The summed E-state index contributed by atoms with van der Waals surface area (Å²) in [6.07, 6.45) is 6.16. The average molecular weight is 437 g/mol. The third-order valence-corrected chi connectivity index (χ3v) is 8.13. The highest BCUT2D eigenvalue weighted by atomic mass is 32.2. The molecule has 1 saturated carbocycles. The van der Waals surface area contributed by atoms with Crippen LogP contribution in [0.4, 0.5) is 11.4 Å². The first-order valence-corrected chi connectivity index (χ1v) is 12.2. The van der Waals surface area contributed by atoms with Gasteiger partial charge in [-0.3, -0.25) is 14.9 Å². The standard InChI is InChI=1S/C20H28N4O5S/c25-20(16-14-19(16)24(26)27)21-17-13-15(30(28,29)23-11-5-2-6-12-23)7-8-18(17)22-9-3-1-4-10-22/h7-8,13,16,19H,1-6,9-12,14H2,(H,21,25). The minimum Gasteiger partial charge on any atom is -0.370 e. The minimum absolute atomic E-state index is 0.155. The van der Waals surface area contributed by atoms with Crippen LogP contribution in [0, 0.1) is 16.0 Å². The number of nitrogens with one attached hydrogen (secondary N) is 1. The van der Waals surface area contributed by atoms with Gasteiger partial charge in [-0.2, -0.15) is 4.31 Å². The van der Waals surface area contributed by atoms with Crippen molar-refractivity contribution >= 4 is 27.3 Å². The van der Waals surface area contributed by atoms with E-state index in [2.05, 4.69) is 10.2 Å². The van der Waals surface area contributed by atoms with Crippen molar-refractivity contribution in [2.75, 3.05) is 36.4 Å². The first-order chi connectivity index (χ1) is 14.4. The number of nitro groups is 1. The van der Waals surface area contributed by atoms with Crippen molar-refractivity contribution in [3.63, 3.8) is 0 Å². The zero-order valence-electron chi connectivity index (χ0n) is 17.0. The third kappa shape index (κ3) is 4.29. The summed E-state index contributed by atoms with van der Waals surface area (Å²) in [4.78, 5) is 25.4. The Labute approximate surface area is 176 Å².